The van der Waals surface area contributed by atoms with Crippen LogP contribution in [-0.4, -0.2) is 25.6 Å². The summed E-state index contributed by atoms with van der Waals surface area (Å²) in [5.41, 5.74) is 0. The van der Waals surface area contributed by atoms with Crippen molar-refractivity contribution in [3.63, 3.8) is 0 Å². The van der Waals surface area contributed by atoms with Crippen LogP contribution in [0.25, 0.3) is 0 Å². The molecule has 1 atom stereocenters. The maximum Gasteiger partial charge on any atom is 0.163 e. The second kappa shape index (κ2) is 3.94. The van der Waals surface area contributed by atoms with Crippen LogP contribution in [0.5, 0.6) is 0 Å². The van der Waals surface area contributed by atoms with E-state index in [-0.39, 0.29) is 6.10 Å². The van der Waals surface area contributed by atoms with Crippen LogP contribution in [0.15, 0.2) is 24.5 Å². The first-order chi connectivity index (χ1) is 6.07. The molecular formula is C10H16O3. The summed E-state index contributed by atoms with van der Waals surface area (Å²) in [7, 11) is 1.61. The summed E-state index contributed by atoms with van der Waals surface area (Å²) < 4.78 is 16.0. The van der Waals surface area contributed by atoms with Gasteiger partial charge in [0, 0.05) is 0 Å². The summed E-state index contributed by atoms with van der Waals surface area (Å²) in [6, 6.07) is 0. The Morgan fingerprint density at radius 1 is 1.62 bits per heavy atom. The molecule has 0 spiro atoms. The summed E-state index contributed by atoms with van der Waals surface area (Å²) >= 11 is 0. The van der Waals surface area contributed by atoms with Crippen LogP contribution in [-0.2, 0) is 14.2 Å². The highest BCUT2D eigenvalue weighted by atomic mass is 16.7. The van der Waals surface area contributed by atoms with Crippen molar-refractivity contribution in [1.82, 2.24) is 0 Å². The average Bonchev–Trinajstić information content (AvgIpc) is 2.41. The maximum atomic E-state index is 5.56. The first kappa shape index (κ1) is 10.3. The number of hydrogen-bond acceptors (Lipinski definition) is 3. The van der Waals surface area contributed by atoms with E-state index in [0.717, 1.165) is 0 Å². The minimum atomic E-state index is -0.485. The Morgan fingerprint density at radius 3 is 2.69 bits per heavy atom. The van der Waals surface area contributed by atoms with Gasteiger partial charge in [-0.1, -0.05) is 6.58 Å². The zero-order valence-corrected chi connectivity index (χ0v) is 8.37. The van der Waals surface area contributed by atoms with E-state index in [4.69, 9.17) is 14.2 Å². The van der Waals surface area contributed by atoms with E-state index in [1.54, 1.807) is 13.2 Å². The van der Waals surface area contributed by atoms with Crippen LogP contribution in [0.1, 0.15) is 13.8 Å². The van der Waals surface area contributed by atoms with Crippen molar-refractivity contribution >= 4 is 0 Å². The van der Waals surface area contributed by atoms with Gasteiger partial charge in [-0.2, -0.15) is 0 Å². The van der Waals surface area contributed by atoms with Gasteiger partial charge < -0.3 is 14.2 Å². The molecule has 0 bridgehead atoms. The zero-order chi connectivity index (χ0) is 9.90. The summed E-state index contributed by atoms with van der Waals surface area (Å²) in [5, 5.41) is 0. The monoisotopic (exact) mass is 184 g/mol. The number of methoxy groups -OCH3 is 1. The largest absolute Gasteiger partial charge is 0.497 e. The van der Waals surface area contributed by atoms with E-state index in [1.807, 2.05) is 19.9 Å². The Bertz CT molecular complexity index is 218. The van der Waals surface area contributed by atoms with Gasteiger partial charge in [0.15, 0.2) is 5.79 Å². The minimum absolute atomic E-state index is 0.0389. The van der Waals surface area contributed by atoms with Crippen molar-refractivity contribution in [3.05, 3.63) is 24.5 Å². The SMILES string of the molecule is C=C/C(=C\[C@H]1COC(C)(C)O1)OC. The molecule has 1 aliphatic heterocycles. The number of rotatable bonds is 3. The van der Waals surface area contributed by atoms with Crippen molar-refractivity contribution in [2.45, 2.75) is 25.7 Å². The molecule has 3 heteroatoms. The quantitative estimate of drug-likeness (QED) is 0.495. The molecule has 1 rings (SSSR count). The molecule has 0 aromatic carbocycles. The van der Waals surface area contributed by atoms with Crippen molar-refractivity contribution in [1.29, 1.82) is 0 Å². The molecule has 13 heavy (non-hydrogen) atoms. The summed E-state index contributed by atoms with van der Waals surface area (Å²) in [5.74, 6) is 0.229. The lowest BCUT2D eigenvalue weighted by Crippen LogP contribution is -2.20. The molecule has 3 nitrogen and oxygen atoms in total. The Morgan fingerprint density at radius 2 is 2.31 bits per heavy atom. The fourth-order valence-corrected chi connectivity index (χ4v) is 1.20. The van der Waals surface area contributed by atoms with E-state index < -0.39 is 5.79 Å². The Kier molecular flexibility index (Phi) is 3.12. The highest BCUT2D eigenvalue weighted by Crippen LogP contribution is 2.23. The van der Waals surface area contributed by atoms with Gasteiger partial charge in [0.1, 0.15) is 11.9 Å². The first-order valence-corrected chi connectivity index (χ1v) is 4.27. The summed E-state index contributed by atoms with van der Waals surface area (Å²) in [6.07, 6.45) is 3.47. The molecular weight excluding hydrogens is 168 g/mol. The first-order valence-electron chi connectivity index (χ1n) is 4.27. The molecule has 0 radical (unpaired) electrons. The topological polar surface area (TPSA) is 27.7 Å². The third-order valence-corrected chi connectivity index (χ3v) is 1.82. The lowest BCUT2D eigenvalue weighted by atomic mass is 10.3. The molecule has 0 N–H and O–H groups in total. The predicted octanol–water partition coefficient (Wildman–Crippen LogP) is 1.85. The van der Waals surface area contributed by atoms with Crippen molar-refractivity contribution in [3.8, 4) is 0 Å². The molecule has 0 saturated carbocycles. The van der Waals surface area contributed by atoms with Crippen molar-refractivity contribution < 1.29 is 14.2 Å². The van der Waals surface area contributed by atoms with Crippen LogP contribution in [0, 0.1) is 0 Å². The van der Waals surface area contributed by atoms with Crippen LogP contribution >= 0.6 is 0 Å². The molecule has 1 heterocycles. The molecule has 1 saturated heterocycles. The van der Waals surface area contributed by atoms with Gasteiger partial charge in [-0.05, 0) is 26.0 Å². The van der Waals surface area contributed by atoms with Gasteiger partial charge in [-0.25, -0.2) is 0 Å². The fraction of sp³-hybridized carbons (Fsp3) is 0.600. The molecule has 0 aromatic heterocycles. The van der Waals surface area contributed by atoms with E-state index in [9.17, 15) is 0 Å². The molecule has 0 amide bonds. The highest BCUT2D eigenvalue weighted by molar-refractivity contribution is 5.11. The van der Waals surface area contributed by atoms with E-state index in [2.05, 4.69) is 6.58 Å². The molecule has 0 aliphatic carbocycles. The van der Waals surface area contributed by atoms with Gasteiger partial charge in [0.25, 0.3) is 0 Å². The maximum absolute atomic E-state index is 5.56. The molecule has 74 valence electrons. The van der Waals surface area contributed by atoms with E-state index in [1.165, 1.54) is 0 Å². The molecule has 0 aromatic rings. The highest BCUT2D eigenvalue weighted by Gasteiger charge is 2.31. The normalized spacial score (nSPS) is 27.3. The van der Waals surface area contributed by atoms with Gasteiger partial charge in [-0.3, -0.25) is 0 Å². The van der Waals surface area contributed by atoms with Crippen LogP contribution in [0.4, 0.5) is 0 Å². The molecule has 1 fully saturated rings. The predicted molar refractivity (Wildman–Crippen MR) is 50.2 cm³/mol. The van der Waals surface area contributed by atoms with Crippen molar-refractivity contribution in [2.24, 2.45) is 0 Å². The van der Waals surface area contributed by atoms with E-state index in [0.29, 0.717) is 12.4 Å². The second-order valence-corrected chi connectivity index (χ2v) is 3.34. The fourth-order valence-electron chi connectivity index (χ4n) is 1.20. The number of allylic oxidation sites excluding steroid dienone is 1. The average molecular weight is 184 g/mol. The Hall–Kier alpha value is -0.800. The second-order valence-electron chi connectivity index (χ2n) is 3.34. The molecule has 0 unspecified atom stereocenters. The van der Waals surface area contributed by atoms with Crippen LogP contribution in [0.2, 0.25) is 0 Å². The lowest BCUT2D eigenvalue weighted by molar-refractivity contribution is -0.133. The smallest absolute Gasteiger partial charge is 0.163 e. The van der Waals surface area contributed by atoms with E-state index >= 15 is 0 Å². The third-order valence-electron chi connectivity index (χ3n) is 1.82. The number of hydrogen-bond donors (Lipinski definition) is 0. The standard InChI is InChI=1S/C10H16O3/c1-5-8(11-4)6-9-7-12-10(2,3)13-9/h5-6,9H,1,7H2,2-4H3/b8-6+/t9-/m0/s1. The van der Waals surface area contributed by atoms with Gasteiger partial charge >= 0.3 is 0 Å². The Balaban J connectivity index is 2.56. The van der Waals surface area contributed by atoms with Gasteiger partial charge in [-0.15, -0.1) is 0 Å². The Labute approximate surface area is 79.0 Å². The summed E-state index contributed by atoms with van der Waals surface area (Å²) in [4.78, 5) is 0. The minimum Gasteiger partial charge on any atom is -0.497 e. The summed E-state index contributed by atoms with van der Waals surface area (Å²) in [6.45, 7) is 7.96. The van der Waals surface area contributed by atoms with Crippen LogP contribution in [0.3, 0.4) is 0 Å². The number of ether oxygens (including phenoxy) is 3. The van der Waals surface area contributed by atoms with Crippen molar-refractivity contribution in [2.75, 3.05) is 13.7 Å². The third kappa shape index (κ3) is 2.86. The van der Waals surface area contributed by atoms with Crippen LogP contribution < -0.4 is 0 Å². The zero-order valence-electron chi connectivity index (χ0n) is 8.37. The van der Waals surface area contributed by atoms with Gasteiger partial charge in [0.05, 0.1) is 13.7 Å². The van der Waals surface area contributed by atoms with Gasteiger partial charge in [0.2, 0.25) is 0 Å². The molecule has 1 aliphatic rings. The lowest BCUT2D eigenvalue weighted by Gasteiger charge is -2.15.